The van der Waals surface area contributed by atoms with Crippen molar-refractivity contribution in [2.45, 2.75) is 39.5 Å². The molecule has 11 heteroatoms. The molecule has 0 fully saturated rings. The fourth-order valence-electron chi connectivity index (χ4n) is 3.58. The summed E-state index contributed by atoms with van der Waals surface area (Å²) in [6, 6.07) is 0. The first-order valence-corrected chi connectivity index (χ1v) is 12.9. The number of aliphatic carboxylic acids is 1. The second-order valence-corrected chi connectivity index (χ2v) is 11.7. The lowest BCUT2D eigenvalue weighted by atomic mass is 9.82. The number of esters is 3. The third-order valence-electron chi connectivity index (χ3n) is 6.02. The monoisotopic (exact) mass is 533 g/mol. The number of aliphatic hydroxyl groups excluding tert-OH is 1. The molecule has 0 saturated carbocycles. The van der Waals surface area contributed by atoms with Gasteiger partial charge in [0.15, 0.2) is 0 Å². The first kappa shape index (κ1) is 34.8. The van der Waals surface area contributed by atoms with Crippen molar-refractivity contribution in [2.24, 2.45) is 23.7 Å². The predicted molar refractivity (Wildman–Crippen MR) is 135 cm³/mol. The highest BCUT2D eigenvalue weighted by atomic mass is 16.5. The summed E-state index contributed by atoms with van der Waals surface area (Å²) in [4.78, 5) is 49.9. The molecule has 37 heavy (non-hydrogen) atoms. The fourth-order valence-corrected chi connectivity index (χ4v) is 3.58. The van der Waals surface area contributed by atoms with Crippen LogP contribution in [0.5, 0.6) is 0 Å². The number of rotatable bonds is 19. The van der Waals surface area contributed by atoms with Gasteiger partial charge < -0.3 is 38.2 Å². The molecule has 0 radical (unpaired) electrons. The van der Waals surface area contributed by atoms with Gasteiger partial charge in [-0.05, 0) is 25.7 Å². The van der Waals surface area contributed by atoms with Gasteiger partial charge in [-0.3, -0.25) is 14.4 Å². The van der Waals surface area contributed by atoms with Crippen molar-refractivity contribution in [1.82, 2.24) is 0 Å². The average Bonchev–Trinajstić information content (AvgIpc) is 2.76. The van der Waals surface area contributed by atoms with Gasteiger partial charge in [-0.25, -0.2) is 0 Å². The Kier molecular flexibility index (Phi) is 15.6. The number of likely N-dealkylation sites (N-methyl/N-ethyl adjacent to an activating group) is 2. The second-order valence-electron chi connectivity index (χ2n) is 11.7. The summed E-state index contributed by atoms with van der Waals surface area (Å²) in [7, 11) is 11.8. The Morgan fingerprint density at radius 2 is 1.14 bits per heavy atom. The maximum atomic E-state index is 13.1. The van der Waals surface area contributed by atoms with Crippen LogP contribution < -0.4 is 5.11 Å². The first-order chi connectivity index (χ1) is 17.0. The number of hydrogen-bond donors (Lipinski definition) is 1. The lowest BCUT2D eigenvalue weighted by molar-refractivity contribution is -0.870. The van der Waals surface area contributed by atoms with Gasteiger partial charge in [-0.2, -0.15) is 0 Å². The van der Waals surface area contributed by atoms with Crippen LogP contribution in [0.3, 0.4) is 0 Å². The van der Waals surface area contributed by atoms with E-state index in [0.717, 1.165) is 0 Å². The highest BCUT2D eigenvalue weighted by molar-refractivity contribution is 5.77. The van der Waals surface area contributed by atoms with Crippen LogP contribution in [0.2, 0.25) is 0 Å². The third kappa shape index (κ3) is 16.3. The molecule has 0 aliphatic carbocycles. The Morgan fingerprint density at radius 1 is 0.703 bits per heavy atom. The van der Waals surface area contributed by atoms with Gasteiger partial charge in [0, 0.05) is 11.9 Å². The SMILES string of the molecule is CCC(CC(CC(CC(C)C(=O)OCCO)C(=O)[O-])C(=O)OCC[N+](C)(C)C)C(=O)OCC[N+](C)(C)C. The number of carbonyl (C=O) groups is 4. The van der Waals surface area contributed by atoms with Gasteiger partial charge in [-0.15, -0.1) is 0 Å². The molecule has 0 aromatic carbocycles. The summed E-state index contributed by atoms with van der Waals surface area (Å²) < 4.78 is 17.0. The molecule has 4 unspecified atom stereocenters. The summed E-state index contributed by atoms with van der Waals surface area (Å²) in [5.41, 5.74) is 0. The normalized spacial score (nSPS) is 15.3. The lowest BCUT2D eigenvalue weighted by Gasteiger charge is -2.28. The first-order valence-electron chi connectivity index (χ1n) is 12.9. The van der Waals surface area contributed by atoms with Crippen molar-refractivity contribution in [1.29, 1.82) is 0 Å². The van der Waals surface area contributed by atoms with E-state index in [0.29, 0.717) is 28.5 Å². The number of carboxylic acid groups (broad SMARTS) is 1. The topological polar surface area (TPSA) is 139 Å². The molecular weight excluding hydrogens is 484 g/mol. The van der Waals surface area contributed by atoms with E-state index in [4.69, 9.17) is 19.3 Å². The van der Waals surface area contributed by atoms with Crippen LogP contribution in [0.25, 0.3) is 0 Å². The van der Waals surface area contributed by atoms with Crippen molar-refractivity contribution in [2.75, 3.05) is 81.8 Å². The number of hydrogen-bond acceptors (Lipinski definition) is 9. The molecule has 0 rings (SSSR count). The Balaban J connectivity index is 5.57. The summed E-state index contributed by atoms with van der Waals surface area (Å²) in [5.74, 6) is -6.51. The highest BCUT2D eigenvalue weighted by Gasteiger charge is 2.33. The zero-order chi connectivity index (χ0) is 28.8. The largest absolute Gasteiger partial charge is 0.550 e. The molecule has 1 N–H and O–H groups in total. The van der Waals surface area contributed by atoms with E-state index < -0.39 is 47.5 Å². The molecule has 216 valence electrons. The molecule has 0 bridgehead atoms. The Morgan fingerprint density at radius 3 is 1.54 bits per heavy atom. The van der Waals surface area contributed by atoms with Crippen LogP contribution in [-0.2, 0) is 33.4 Å². The second kappa shape index (κ2) is 16.6. The summed E-state index contributed by atoms with van der Waals surface area (Å²) in [5, 5.41) is 20.8. The molecule has 4 atom stereocenters. The molecule has 0 amide bonds. The number of nitrogens with zero attached hydrogens (tertiary/aromatic N) is 2. The Bertz CT molecular complexity index is 729. The van der Waals surface area contributed by atoms with E-state index in [2.05, 4.69) is 0 Å². The van der Waals surface area contributed by atoms with Crippen LogP contribution in [0.4, 0.5) is 0 Å². The van der Waals surface area contributed by atoms with E-state index >= 15 is 0 Å². The van der Waals surface area contributed by atoms with Crippen molar-refractivity contribution in [3.05, 3.63) is 0 Å². The maximum absolute atomic E-state index is 13.1. The summed E-state index contributed by atoms with van der Waals surface area (Å²) in [6.07, 6.45) is 0.216. The maximum Gasteiger partial charge on any atom is 0.309 e. The molecule has 0 spiro atoms. The van der Waals surface area contributed by atoms with E-state index in [1.807, 2.05) is 42.3 Å². The van der Waals surface area contributed by atoms with Gasteiger partial charge in [0.25, 0.3) is 0 Å². The van der Waals surface area contributed by atoms with Crippen LogP contribution in [0, 0.1) is 23.7 Å². The smallest absolute Gasteiger partial charge is 0.309 e. The zero-order valence-electron chi connectivity index (χ0n) is 24.0. The highest BCUT2D eigenvalue weighted by Crippen LogP contribution is 2.28. The minimum absolute atomic E-state index is 0.0655. The zero-order valence-corrected chi connectivity index (χ0v) is 24.0. The van der Waals surface area contributed by atoms with Gasteiger partial charge >= 0.3 is 17.9 Å². The Hall–Kier alpha value is -2.24. The van der Waals surface area contributed by atoms with E-state index in [1.54, 1.807) is 6.92 Å². The number of carboxylic acids is 1. The Labute approximate surface area is 221 Å². The minimum atomic E-state index is -1.40. The predicted octanol–water partition coefficient (Wildman–Crippen LogP) is -0.164. The molecule has 0 aliphatic heterocycles. The standard InChI is InChI=1S/C26H49N2O9/c1-9-20(25(33)35-13-10-27(3,4)5)17-22(26(34)36-14-11-28(6,7)8)18-21(23(30)31)16-19(2)24(32)37-15-12-29/h19-22,29H,9-18H2,1-8H3/q+1. The van der Waals surface area contributed by atoms with E-state index in [1.165, 1.54) is 6.92 Å². The molecule has 0 aromatic heterocycles. The fraction of sp³-hybridized carbons (Fsp3) is 0.846. The third-order valence-corrected chi connectivity index (χ3v) is 6.02. The van der Waals surface area contributed by atoms with Crippen LogP contribution >= 0.6 is 0 Å². The summed E-state index contributed by atoms with van der Waals surface area (Å²) in [6.45, 7) is 4.35. The molecule has 11 nitrogen and oxygen atoms in total. The van der Waals surface area contributed by atoms with Gasteiger partial charge in [-0.1, -0.05) is 13.8 Å². The number of carbonyl (C=O) groups excluding carboxylic acids is 4. The van der Waals surface area contributed by atoms with Gasteiger partial charge in [0.2, 0.25) is 0 Å². The van der Waals surface area contributed by atoms with Crippen LogP contribution in [-0.4, -0.2) is 120 Å². The van der Waals surface area contributed by atoms with Gasteiger partial charge in [0.05, 0.1) is 66.6 Å². The van der Waals surface area contributed by atoms with Gasteiger partial charge in [0.1, 0.15) is 32.9 Å². The van der Waals surface area contributed by atoms with E-state index in [-0.39, 0.29) is 45.7 Å². The summed E-state index contributed by atoms with van der Waals surface area (Å²) >= 11 is 0. The molecular formula is C26H49N2O9+. The number of ether oxygens (including phenoxy) is 3. The molecule has 0 saturated heterocycles. The van der Waals surface area contributed by atoms with Crippen LogP contribution in [0.1, 0.15) is 39.5 Å². The number of quaternary nitrogens is 2. The van der Waals surface area contributed by atoms with Crippen molar-refractivity contribution >= 4 is 23.9 Å². The van der Waals surface area contributed by atoms with Crippen LogP contribution in [0.15, 0.2) is 0 Å². The lowest BCUT2D eigenvalue weighted by Crippen LogP contribution is -2.40. The number of aliphatic hydroxyl groups is 1. The minimum Gasteiger partial charge on any atom is -0.550 e. The molecule has 0 heterocycles. The van der Waals surface area contributed by atoms with Crippen molar-refractivity contribution in [3.8, 4) is 0 Å². The van der Waals surface area contributed by atoms with Crippen molar-refractivity contribution in [3.63, 3.8) is 0 Å². The molecule has 0 aliphatic rings. The quantitative estimate of drug-likeness (QED) is 0.136. The van der Waals surface area contributed by atoms with Crippen molar-refractivity contribution < 1.29 is 52.6 Å². The molecule has 0 aromatic rings. The van der Waals surface area contributed by atoms with E-state index in [9.17, 15) is 24.3 Å². The average molecular weight is 534 g/mol.